The number of halogens is 4. The van der Waals surface area contributed by atoms with Crippen LogP contribution in [0, 0.1) is 18.6 Å². The molecule has 0 saturated heterocycles. The Morgan fingerprint density at radius 1 is 1.05 bits per heavy atom. The van der Waals surface area contributed by atoms with Crippen molar-refractivity contribution in [3.8, 4) is 11.4 Å². The van der Waals surface area contributed by atoms with Crippen LogP contribution in [0.2, 0.25) is 10.2 Å². The first kappa shape index (κ1) is 13.3. The Morgan fingerprint density at radius 2 is 1.80 bits per heavy atom. The van der Waals surface area contributed by atoms with Gasteiger partial charge in [-0.1, -0.05) is 23.2 Å². The third kappa shape index (κ3) is 2.13. The van der Waals surface area contributed by atoms with E-state index in [0.717, 1.165) is 6.07 Å². The number of aryl methyl sites for hydroxylation is 1. The van der Waals surface area contributed by atoms with Gasteiger partial charge in [0, 0.05) is 6.07 Å². The zero-order valence-electron chi connectivity index (χ0n) is 10.1. The Morgan fingerprint density at radius 3 is 2.55 bits per heavy atom. The molecule has 3 rings (SSSR count). The molecule has 0 radical (unpaired) electrons. The first-order chi connectivity index (χ1) is 9.45. The van der Waals surface area contributed by atoms with E-state index in [2.05, 4.69) is 15.0 Å². The molecule has 0 bridgehead atoms. The summed E-state index contributed by atoms with van der Waals surface area (Å²) in [7, 11) is 0. The lowest BCUT2D eigenvalue weighted by Gasteiger charge is -2.02. The minimum Gasteiger partial charge on any atom is -0.336 e. The molecule has 3 aromatic rings. The molecule has 2 heterocycles. The molecule has 0 aliphatic rings. The van der Waals surface area contributed by atoms with Crippen LogP contribution in [0.1, 0.15) is 5.56 Å². The normalized spacial score (nSPS) is 11.2. The van der Waals surface area contributed by atoms with Crippen molar-refractivity contribution in [3.05, 3.63) is 45.6 Å². The Hall–Kier alpha value is -1.72. The number of aromatic nitrogens is 3. The number of nitrogens with one attached hydrogen (secondary N) is 1. The molecule has 7 heteroatoms. The van der Waals surface area contributed by atoms with E-state index in [1.807, 2.05) is 0 Å². The van der Waals surface area contributed by atoms with Gasteiger partial charge < -0.3 is 4.98 Å². The van der Waals surface area contributed by atoms with E-state index in [1.165, 1.54) is 6.07 Å². The van der Waals surface area contributed by atoms with Crippen LogP contribution in [0.4, 0.5) is 8.78 Å². The summed E-state index contributed by atoms with van der Waals surface area (Å²) in [6.45, 7) is 1.55. The summed E-state index contributed by atoms with van der Waals surface area (Å²) in [5.41, 5.74) is 1.33. The number of benzene rings is 1. The summed E-state index contributed by atoms with van der Waals surface area (Å²) < 4.78 is 27.1. The lowest BCUT2D eigenvalue weighted by Crippen LogP contribution is -1.91. The summed E-state index contributed by atoms with van der Waals surface area (Å²) >= 11 is 11.7. The standard InChI is InChI=1S/C13H7Cl2F2N3/c1-5-2-6(9(17)4-8(5)16)12-18-10-3-7(14)11(15)19-13(10)20-12/h2-4H,1H3,(H,18,19,20). The maximum Gasteiger partial charge on any atom is 0.179 e. The maximum atomic E-state index is 13.8. The lowest BCUT2D eigenvalue weighted by molar-refractivity contribution is 0.579. The molecule has 2 aromatic heterocycles. The maximum absolute atomic E-state index is 13.8. The lowest BCUT2D eigenvalue weighted by atomic mass is 10.1. The summed E-state index contributed by atoms with van der Waals surface area (Å²) in [6, 6.07) is 3.76. The van der Waals surface area contributed by atoms with E-state index in [-0.39, 0.29) is 21.6 Å². The zero-order chi connectivity index (χ0) is 14.4. The van der Waals surface area contributed by atoms with Crippen LogP contribution in [0.3, 0.4) is 0 Å². The van der Waals surface area contributed by atoms with Gasteiger partial charge in [-0.25, -0.2) is 18.7 Å². The van der Waals surface area contributed by atoms with Gasteiger partial charge in [0.25, 0.3) is 0 Å². The van der Waals surface area contributed by atoms with Crippen LogP contribution in [0.25, 0.3) is 22.6 Å². The zero-order valence-corrected chi connectivity index (χ0v) is 11.7. The van der Waals surface area contributed by atoms with Crippen LogP contribution in [-0.2, 0) is 0 Å². The Balaban J connectivity index is 2.22. The first-order valence-electron chi connectivity index (χ1n) is 5.63. The predicted octanol–water partition coefficient (Wildman–Crippen LogP) is 4.52. The van der Waals surface area contributed by atoms with Crippen molar-refractivity contribution in [1.82, 2.24) is 15.0 Å². The summed E-state index contributed by atoms with van der Waals surface area (Å²) in [6.07, 6.45) is 0. The van der Waals surface area contributed by atoms with E-state index < -0.39 is 11.6 Å². The van der Waals surface area contributed by atoms with Gasteiger partial charge in [0.1, 0.15) is 22.6 Å². The fourth-order valence-corrected chi connectivity index (χ4v) is 2.15. The van der Waals surface area contributed by atoms with Crippen LogP contribution in [-0.4, -0.2) is 15.0 Å². The SMILES string of the molecule is Cc1cc(-c2nc3nc(Cl)c(Cl)cc3[nH]2)c(F)cc1F. The third-order valence-corrected chi connectivity index (χ3v) is 3.56. The molecule has 0 atom stereocenters. The largest absolute Gasteiger partial charge is 0.336 e. The summed E-state index contributed by atoms with van der Waals surface area (Å²) in [5.74, 6) is -1.07. The number of aromatic amines is 1. The number of pyridine rings is 1. The molecule has 1 aromatic carbocycles. The van der Waals surface area contributed by atoms with E-state index in [1.54, 1.807) is 13.0 Å². The van der Waals surface area contributed by atoms with Crippen molar-refractivity contribution in [2.24, 2.45) is 0 Å². The van der Waals surface area contributed by atoms with E-state index in [0.29, 0.717) is 16.7 Å². The molecule has 1 N–H and O–H groups in total. The van der Waals surface area contributed by atoms with Crippen LogP contribution in [0.5, 0.6) is 0 Å². The second-order valence-corrected chi connectivity index (χ2v) is 5.06. The van der Waals surface area contributed by atoms with Gasteiger partial charge >= 0.3 is 0 Å². The number of nitrogens with zero attached hydrogens (tertiary/aromatic N) is 2. The minimum atomic E-state index is -0.704. The summed E-state index contributed by atoms with van der Waals surface area (Å²) in [5, 5.41) is 0.387. The van der Waals surface area contributed by atoms with Crippen LogP contribution in [0.15, 0.2) is 18.2 Å². The molecule has 0 fully saturated rings. The van der Waals surface area contributed by atoms with E-state index in [9.17, 15) is 8.78 Å². The number of hydrogen-bond acceptors (Lipinski definition) is 2. The fourth-order valence-electron chi connectivity index (χ4n) is 1.86. The van der Waals surface area contributed by atoms with Crippen molar-refractivity contribution >= 4 is 34.4 Å². The second kappa shape index (κ2) is 4.68. The highest BCUT2D eigenvalue weighted by atomic mass is 35.5. The molecule has 102 valence electrons. The number of rotatable bonds is 1. The number of hydrogen-bond donors (Lipinski definition) is 1. The van der Waals surface area contributed by atoms with Gasteiger partial charge in [-0.3, -0.25) is 0 Å². The van der Waals surface area contributed by atoms with Gasteiger partial charge in [0.15, 0.2) is 5.65 Å². The number of fused-ring (bicyclic) bond motifs is 1. The third-order valence-electron chi connectivity index (χ3n) is 2.89. The van der Waals surface area contributed by atoms with Crippen molar-refractivity contribution in [2.75, 3.05) is 0 Å². The molecular weight excluding hydrogens is 307 g/mol. The predicted molar refractivity (Wildman–Crippen MR) is 74.0 cm³/mol. The van der Waals surface area contributed by atoms with Crippen LogP contribution >= 0.6 is 23.2 Å². The quantitative estimate of drug-likeness (QED) is 0.671. The van der Waals surface area contributed by atoms with Gasteiger partial charge in [-0.05, 0) is 24.6 Å². The average molecular weight is 314 g/mol. The highest BCUT2D eigenvalue weighted by Crippen LogP contribution is 2.28. The van der Waals surface area contributed by atoms with Crippen molar-refractivity contribution in [3.63, 3.8) is 0 Å². The molecule has 0 aliphatic heterocycles. The molecule has 20 heavy (non-hydrogen) atoms. The molecule has 0 aliphatic carbocycles. The monoisotopic (exact) mass is 313 g/mol. The first-order valence-corrected chi connectivity index (χ1v) is 6.39. The molecule has 0 unspecified atom stereocenters. The Labute approximate surface area is 122 Å². The smallest absolute Gasteiger partial charge is 0.179 e. The molecule has 0 spiro atoms. The molecule has 3 nitrogen and oxygen atoms in total. The van der Waals surface area contributed by atoms with Gasteiger partial charge in [0.05, 0.1) is 16.1 Å². The van der Waals surface area contributed by atoms with Crippen molar-refractivity contribution in [2.45, 2.75) is 6.92 Å². The number of H-pyrrole nitrogens is 1. The molecular formula is C13H7Cl2F2N3. The van der Waals surface area contributed by atoms with Crippen molar-refractivity contribution in [1.29, 1.82) is 0 Å². The van der Waals surface area contributed by atoms with Gasteiger partial charge in [-0.15, -0.1) is 0 Å². The minimum absolute atomic E-state index is 0.118. The van der Waals surface area contributed by atoms with E-state index in [4.69, 9.17) is 23.2 Å². The molecule has 0 saturated carbocycles. The van der Waals surface area contributed by atoms with Crippen molar-refractivity contribution < 1.29 is 8.78 Å². The summed E-state index contributed by atoms with van der Waals surface area (Å²) in [4.78, 5) is 11.0. The van der Waals surface area contributed by atoms with Gasteiger partial charge in [0.2, 0.25) is 0 Å². The Bertz CT molecular complexity index is 791. The van der Waals surface area contributed by atoms with E-state index >= 15 is 0 Å². The molecule has 0 amide bonds. The highest BCUT2D eigenvalue weighted by molar-refractivity contribution is 6.41. The highest BCUT2D eigenvalue weighted by Gasteiger charge is 2.14. The second-order valence-electron chi connectivity index (χ2n) is 4.30. The number of imidazole rings is 1. The van der Waals surface area contributed by atoms with Crippen LogP contribution < -0.4 is 0 Å². The Kier molecular flexibility index (Phi) is 3.11. The topological polar surface area (TPSA) is 41.6 Å². The van der Waals surface area contributed by atoms with Gasteiger partial charge in [-0.2, -0.15) is 0 Å². The fraction of sp³-hybridized carbons (Fsp3) is 0.0769. The average Bonchev–Trinajstić information content (AvgIpc) is 2.77.